The lowest BCUT2D eigenvalue weighted by atomic mass is 9.75. The molecule has 4 rings (SSSR count). The Hall–Kier alpha value is -2.02. The topological polar surface area (TPSA) is 86.3 Å². The van der Waals surface area contributed by atoms with Crippen LogP contribution in [0.3, 0.4) is 0 Å². The van der Waals surface area contributed by atoms with Gasteiger partial charge >= 0.3 is 0 Å². The fourth-order valence-electron chi connectivity index (χ4n) is 4.34. The van der Waals surface area contributed by atoms with Gasteiger partial charge in [0.25, 0.3) is 0 Å². The predicted octanol–water partition coefficient (Wildman–Crippen LogP) is 2.05. The quantitative estimate of drug-likeness (QED) is 0.649. The van der Waals surface area contributed by atoms with Gasteiger partial charge in [0.1, 0.15) is 0 Å². The third-order valence-corrected chi connectivity index (χ3v) is 6.15. The number of nitrogens with zero attached hydrogens (tertiary/aromatic N) is 1. The second-order valence-electron chi connectivity index (χ2n) is 8.13. The van der Waals surface area contributed by atoms with Crippen LogP contribution in [0.5, 0.6) is 0 Å². The molecule has 144 valence electrons. The van der Waals surface area contributed by atoms with Crippen molar-refractivity contribution in [3.63, 3.8) is 0 Å². The van der Waals surface area contributed by atoms with E-state index >= 15 is 0 Å². The smallest absolute Gasteiger partial charge is 0.220 e. The molecule has 1 saturated carbocycles. The number of nitrogens with one attached hydrogen (secondary N) is 3. The second-order valence-corrected chi connectivity index (χ2v) is 8.13. The van der Waals surface area contributed by atoms with E-state index in [1.165, 1.54) is 0 Å². The largest absolute Gasteiger partial charge is 0.393 e. The molecule has 2 aromatic rings. The summed E-state index contributed by atoms with van der Waals surface area (Å²) in [6.07, 6.45) is 3.52. The molecule has 1 aromatic heterocycles. The number of para-hydroxylation sites is 1. The summed E-state index contributed by atoms with van der Waals surface area (Å²) in [6.45, 7) is 4.20. The van der Waals surface area contributed by atoms with Gasteiger partial charge < -0.3 is 10.4 Å². The Morgan fingerprint density at radius 2 is 1.96 bits per heavy atom. The number of fused-ring (bicyclic) bond motifs is 1. The molecule has 6 nitrogen and oxygen atoms in total. The Bertz CT molecular complexity index is 811. The molecule has 6 heteroatoms. The van der Waals surface area contributed by atoms with E-state index in [0.717, 1.165) is 29.3 Å². The third-order valence-electron chi connectivity index (χ3n) is 6.15. The van der Waals surface area contributed by atoms with Crippen LogP contribution in [0.4, 0.5) is 0 Å². The van der Waals surface area contributed by atoms with Gasteiger partial charge in [-0.1, -0.05) is 18.2 Å². The molecule has 0 bridgehead atoms. The van der Waals surface area contributed by atoms with E-state index in [1.807, 2.05) is 30.5 Å². The first kappa shape index (κ1) is 18.3. The number of carbonyl (C=O) groups excluding carboxylic acids is 1. The van der Waals surface area contributed by atoms with Gasteiger partial charge in [0.05, 0.1) is 17.7 Å². The Kier molecular flexibility index (Phi) is 5.12. The average molecular weight is 368 g/mol. The number of rotatable bonds is 5. The highest BCUT2D eigenvalue weighted by Crippen LogP contribution is 2.38. The van der Waals surface area contributed by atoms with Crippen molar-refractivity contribution in [2.45, 2.75) is 57.3 Å². The summed E-state index contributed by atoms with van der Waals surface area (Å²) in [5, 5.41) is 14.1. The van der Waals surface area contributed by atoms with Gasteiger partial charge in [0, 0.05) is 36.0 Å². The molecule has 1 amide bonds. The van der Waals surface area contributed by atoms with E-state index in [-0.39, 0.29) is 42.0 Å². The molecule has 0 spiro atoms. The van der Waals surface area contributed by atoms with Crippen molar-refractivity contribution in [3.8, 4) is 0 Å². The normalized spacial score (nSPS) is 31.4. The highest BCUT2D eigenvalue weighted by Gasteiger charge is 2.37. The van der Waals surface area contributed by atoms with E-state index in [4.69, 9.17) is 0 Å². The number of hydrogen-bond donors (Lipinski definition) is 4. The molecule has 2 aliphatic rings. The van der Waals surface area contributed by atoms with E-state index in [1.54, 1.807) is 0 Å². The molecule has 1 aliphatic carbocycles. The summed E-state index contributed by atoms with van der Waals surface area (Å²) in [5.74, 6) is 0.567. The van der Waals surface area contributed by atoms with Gasteiger partial charge in [-0.3, -0.25) is 20.6 Å². The number of benzene rings is 1. The average Bonchev–Trinajstić information content (AvgIpc) is 2.95. The van der Waals surface area contributed by atoms with Crippen LogP contribution in [-0.2, 0) is 4.79 Å². The summed E-state index contributed by atoms with van der Waals surface area (Å²) in [5.41, 5.74) is 8.38. The fraction of sp³-hybridized carbons (Fsp3) is 0.524. The van der Waals surface area contributed by atoms with Crippen LogP contribution in [0.15, 0.2) is 36.5 Å². The van der Waals surface area contributed by atoms with Crippen molar-refractivity contribution in [3.05, 3.63) is 42.1 Å². The van der Waals surface area contributed by atoms with Crippen LogP contribution in [0.2, 0.25) is 0 Å². The van der Waals surface area contributed by atoms with Crippen LogP contribution < -0.4 is 16.2 Å². The highest BCUT2D eigenvalue weighted by atomic mass is 16.3. The zero-order chi connectivity index (χ0) is 19.0. The van der Waals surface area contributed by atoms with Crippen LogP contribution in [0.25, 0.3) is 10.9 Å². The zero-order valence-corrected chi connectivity index (χ0v) is 15.9. The van der Waals surface area contributed by atoms with Gasteiger partial charge in [-0.25, -0.2) is 0 Å². The maximum Gasteiger partial charge on any atom is 0.220 e. The Balaban J connectivity index is 1.52. The number of carbonyl (C=O) groups is 1. The Morgan fingerprint density at radius 3 is 2.67 bits per heavy atom. The fourth-order valence-corrected chi connectivity index (χ4v) is 4.34. The number of aliphatic hydroxyl groups is 1. The lowest BCUT2D eigenvalue weighted by molar-refractivity contribution is -0.124. The summed E-state index contributed by atoms with van der Waals surface area (Å²) in [7, 11) is 0. The number of aliphatic hydroxyl groups excluding tert-OH is 1. The molecule has 1 aliphatic heterocycles. The lowest BCUT2D eigenvalue weighted by Gasteiger charge is -2.38. The molecule has 4 N–H and O–H groups in total. The van der Waals surface area contributed by atoms with Gasteiger partial charge in [-0.15, -0.1) is 0 Å². The molecule has 3 atom stereocenters. The first-order valence-electron chi connectivity index (χ1n) is 9.84. The highest BCUT2D eigenvalue weighted by molar-refractivity contribution is 5.80. The SMILES string of the molecule is CC1NNC(C)C1CC(=O)NC(c1cnc2ccccc2c1)C1CC(O)C1. The standard InChI is InChI=1S/C21H28N4O2/c1-12-18(13(2)25-24-12)10-20(27)23-21(15-8-17(26)9-15)16-7-14-5-3-4-6-19(14)22-11-16/h3-7,11-13,15,17-18,21,24-26H,8-10H2,1-2H3,(H,23,27). The van der Waals surface area contributed by atoms with Gasteiger partial charge in [-0.2, -0.15) is 0 Å². The predicted molar refractivity (Wildman–Crippen MR) is 105 cm³/mol. The molecular weight excluding hydrogens is 340 g/mol. The molecule has 2 fully saturated rings. The van der Waals surface area contributed by atoms with Crippen molar-refractivity contribution in [1.29, 1.82) is 0 Å². The van der Waals surface area contributed by atoms with E-state index in [0.29, 0.717) is 6.42 Å². The molecule has 27 heavy (non-hydrogen) atoms. The Labute approximate surface area is 159 Å². The molecule has 3 unspecified atom stereocenters. The summed E-state index contributed by atoms with van der Waals surface area (Å²) < 4.78 is 0. The van der Waals surface area contributed by atoms with Crippen LogP contribution in [0, 0.1) is 11.8 Å². The van der Waals surface area contributed by atoms with Gasteiger partial charge in [-0.05, 0) is 50.3 Å². The number of hydrogen-bond acceptors (Lipinski definition) is 5. The van der Waals surface area contributed by atoms with Crippen LogP contribution >= 0.6 is 0 Å². The van der Waals surface area contributed by atoms with Crippen molar-refractivity contribution in [2.24, 2.45) is 11.8 Å². The Morgan fingerprint density at radius 1 is 1.26 bits per heavy atom. The van der Waals surface area contributed by atoms with Gasteiger partial charge in [0.15, 0.2) is 0 Å². The zero-order valence-electron chi connectivity index (χ0n) is 15.9. The first-order valence-corrected chi connectivity index (χ1v) is 9.84. The monoisotopic (exact) mass is 368 g/mol. The van der Waals surface area contributed by atoms with Crippen molar-refractivity contribution in [2.75, 3.05) is 0 Å². The number of pyridine rings is 1. The summed E-state index contributed by atoms with van der Waals surface area (Å²) in [4.78, 5) is 17.4. The third kappa shape index (κ3) is 3.83. The molecule has 1 aromatic carbocycles. The second kappa shape index (κ2) is 7.54. The van der Waals surface area contributed by atoms with Crippen molar-refractivity contribution >= 4 is 16.8 Å². The van der Waals surface area contributed by atoms with E-state index < -0.39 is 0 Å². The van der Waals surface area contributed by atoms with E-state index in [2.05, 4.69) is 41.1 Å². The summed E-state index contributed by atoms with van der Waals surface area (Å²) in [6, 6.07) is 10.5. The van der Waals surface area contributed by atoms with E-state index in [9.17, 15) is 9.90 Å². The minimum absolute atomic E-state index is 0.0590. The number of amides is 1. The minimum Gasteiger partial charge on any atom is -0.393 e. The van der Waals surface area contributed by atoms with Crippen molar-refractivity contribution < 1.29 is 9.90 Å². The molecule has 0 radical (unpaired) electrons. The maximum absolute atomic E-state index is 12.8. The number of aromatic nitrogens is 1. The summed E-state index contributed by atoms with van der Waals surface area (Å²) >= 11 is 0. The van der Waals surface area contributed by atoms with Crippen LogP contribution in [0.1, 0.15) is 44.7 Å². The molecule has 2 heterocycles. The molecule has 1 saturated heterocycles. The van der Waals surface area contributed by atoms with Crippen molar-refractivity contribution in [1.82, 2.24) is 21.2 Å². The minimum atomic E-state index is -0.258. The first-order chi connectivity index (χ1) is 13.0. The lowest BCUT2D eigenvalue weighted by Crippen LogP contribution is -2.42. The van der Waals surface area contributed by atoms with Crippen LogP contribution in [-0.4, -0.2) is 34.2 Å². The molecular formula is C21H28N4O2. The van der Waals surface area contributed by atoms with Gasteiger partial charge in [0.2, 0.25) is 5.91 Å². The number of hydrazine groups is 1. The maximum atomic E-state index is 12.8.